The average molecular weight is 218 g/mol. The summed E-state index contributed by atoms with van der Waals surface area (Å²) in [5.41, 5.74) is 1.77. The zero-order valence-corrected chi connectivity index (χ0v) is 10.3. The van der Waals surface area contributed by atoms with Crippen molar-refractivity contribution >= 4 is 17.1 Å². The maximum Gasteiger partial charge on any atom is 0.298 e. The Labute approximate surface area is 96.1 Å². The minimum absolute atomic E-state index is 0.382. The SMILES string of the molecule is CC(C)N(c1nc2ccccc2o1)C(C)C. The van der Waals surface area contributed by atoms with Crippen LogP contribution in [0.2, 0.25) is 0 Å². The van der Waals surface area contributed by atoms with Gasteiger partial charge < -0.3 is 9.32 Å². The molecule has 0 radical (unpaired) electrons. The third-order valence-corrected chi connectivity index (χ3v) is 2.62. The van der Waals surface area contributed by atoms with Crippen molar-refractivity contribution in [1.29, 1.82) is 0 Å². The summed E-state index contributed by atoms with van der Waals surface area (Å²) in [4.78, 5) is 6.70. The summed E-state index contributed by atoms with van der Waals surface area (Å²) in [6, 6.07) is 9.34. The van der Waals surface area contributed by atoms with Gasteiger partial charge in [-0.3, -0.25) is 0 Å². The normalized spacial score (nSPS) is 11.6. The van der Waals surface area contributed by atoms with E-state index in [1.54, 1.807) is 0 Å². The van der Waals surface area contributed by atoms with Crippen LogP contribution in [0.3, 0.4) is 0 Å². The molecule has 0 fully saturated rings. The van der Waals surface area contributed by atoms with E-state index < -0.39 is 0 Å². The van der Waals surface area contributed by atoms with E-state index in [-0.39, 0.29) is 0 Å². The Kier molecular flexibility index (Phi) is 2.86. The van der Waals surface area contributed by atoms with Gasteiger partial charge in [0.25, 0.3) is 6.01 Å². The van der Waals surface area contributed by atoms with Crippen molar-refractivity contribution in [2.75, 3.05) is 4.90 Å². The number of hydrogen-bond donors (Lipinski definition) is 0. The van der Waals surface area contributed by atoms with Gasteiger partial charge >= 0.3 is 0 Å². The quantitative estimate of drug-likeness (QED) is 0.790. The van der Waals surface area contributed by atoms with Gasteiger partial charge in [0, 0.05) is 12.1 Å². The Bertz CT molecular complexity index is 432. The van der Waals surface area contributed by atoms with Crippen LogP contribution in [0.15, 0.2) is 28.7 Å². The lowest BCUT2D eigenvalue weighted by Gasteiger charge is -2.28. The molecule has 0 atom stereocenters. The monoisotopic (exact) mass is 218 g/mol. The molecule has 0 N–H and O–H groups in total. The fourth-order valence-corrected chi connectivity index (χ4v) is 2.01. The summed E-state index contributed by atoms with van der Waals surface area (Å²) < 4.78 is 5.77. The van der Waals surface area contributed by atoms with Crippen LogP contribution in [0.1, 0.15) is 27.7 Å². The highest BCUT2D eigenvalue weighted by atomic mass is 16.4. The van der Waals surface area contributed by atoms with E-state index in [4.69, 9.17) is 4.42 Å². The minimum Gasteiger partial charge on any atom is -0.423 e. The van der Waals surface area contributed by atoms with E-state index >= 15 is 0 Å². The van der Waals surface area contributed by atoms with Crippen LogP contribution >= 0.6 is 0 Å². The molecule has 1 aromatic heterocycles. The second-order valence-corrected chi connectivity index (χ2v) is 4.56. The number of benzene rings is 1. The number of aromatic nitrogens is 1. The number of nitrogens with zero attached hydrogens (tertiary/aromatic N) is 2. The average Bonchev–Trinajstić information content (AvgIpc) is 2.58. The Morgan fingerprint density at radius 1 is 1.06 bits per heavy atom. The standard InChI is InChI=1S/C13H18N2O/c1-9(2)15(10(3)4)13-14-11-7-5-6-8-12(11)16-13/h5-10H,1-4H3. The first-order valence-electron chi connectivity index (χ1n) is 5.73. The van der Waals surface area contributed by atoms with E-state index in [9.17, 15) is 0 Å². The minimum atomic E-state index is 0.382. The van der Waals surface area contributed by atoms with E-state index in [1.165, 1.54) is 0 Å². The maximum absolute atomic E-state index is 5.77. The number of rotatable bonds is 3. The molecular formula is C13H18N2O. The van der Waals surface area contributed by atoms with Gasteiger partial charge in [0.2, 0.25) is 0 Å². The van der Waals surface area contributed by atoms with Crippen molar-refractivity contribution in [1.82, 2.24) is 4.98 Å². The lowest BCUT2D eigenvalue weighted by molar-refractivity contribution is 0.505. The number of hydrogen-bond acceptors (Lipinski definition) is 3. The largest absolute Gasteiger partial charge is 0.423 e. The van der Waals surface area contributed by atoms with Crippen LogP contribution in [0.25, 0.3) is 11.1 Å². The fraction of sp³-hybridized carbons (Fsp3) is 0.462. The van der Waals surface area contributed by atoms with Gasteiger partial charge in [0.1, 0.15) is 5.52 Å². The van der Waals surface area contributed by atoms with Crippen molar-refractivity contribution in [2.24, 2.45) is 0 Å². The van der Waals surface area contributed by atoms with Crippen LogP contribution in [0.5, 0.6) is 0 Å². The smallest absolute Gasteiger partial charge is 0.298 e. The predicted octanol–water partition coefficient (Wildman–Crippen LogP) is 3.45. The number of anilines is 1. The first-order valence-corrected chi connectivity index (χ1v) is 5.73. The third kappa shape index (κ3) is 1.90. The first kappa shape index (κ1) is 11.0. The third-order valence-electron chi connectivity index (χ3n) is 2.62. The van der Waals surface area contributed by atoms with Crippen molar-refractivity contribution in [3.8, 4) is 0 Å². The van der Waals surface area contributed by atoms with Crippen molar-refractivity contribution in [2.45, 2.75) is 39.8 Å². The molecule has 0 unspecified atom stereocenters. The van der Waals surface area contributed by atoms with Gasteiger partial charge in [-0.1, -0.05) is 12.1 Å². The molecular weight excluding hydrogens is 200 g/mol. The van der Waals surface area contributed by atoms with Crippen molar-refractivity contribution in [3.63, 3.8) is 0 Å². The zero-order chi connectivity index (χ0) is 11.7. The molecule has 1 aromatic carbocycles. The predicted molar refractivity (Wildman–Crippen MR) is 66.8 cm³/mol. The summed E-state index contributed by atoms with van der Waals surface area (Å²) in [7, 11) is 0. The Hall–Kier alpha value is -1.51. The van der Waals surface area contributed by atoms with E-state index in [0.717, 1.165) is 11.1 Å². The molecule has 0 saturated heterocycles. The highest BCUT2D eigenvalue weighted by Crippen LogP contribution is 2.24. The lowest BCUT2D eigenvalue weighted by Crippen LogP contribution is -2.37. The Morgan fingerprint density at radius 3 is 2.25 bits per heavy atom. The second-order valence-electron chi connectivity index (χ2n) is 4.56. The first-order chi connectivity index (χ1) is 7.59. The van der Waals surface area contributed by atoms with Gasteiger partial charge in [-0.2, -0.15) is 4.98 Å². The lowest BCUT2D eigenvalue weighted by atomic mass is 10.2. The molecule has 0 amide bonds. The molecule has 0 aliphatic rings. The highest BCUT2D eigenvalue weighted by Gasteiger charge is 2.19. The van der Waals surface area contributed by atoms with Crippen molar-refractivity contribution in [3.05, 3.63) is 24.3 Å². The van der Waals surface area contributed by atoms with Gasteiger partial charge in [-0.05, 0) is 39.8 Å². The summed E-state index contributed by atoms with van der Waals surface area (Å²) >= 11 is 0. The summed E-state index contributed by atoms with van der Waals surface area (Å²) in [6.45, 7) is 8.59. The fourth-order valence-electron chi connectivity index (χ4n) is 2.01. The number of fused-ring (bicyclic) bond motifs is 1. The van der Waals surface area contributed by atoms with Crippen LogP contribution in [0.4, 0.5) is 6.01 Å². The summed E-state index contributed by atoms with van der Waals surface area (Å²) in [6.07, 6.45) is 0. The summed E-state index contributed by atoms with van der Waals surface area (Å²) in [5.74, 6) is 0. The molecule has 3 nitrogen and oxygen atoms in total. The molecule has 2 aromatic rings. The molecule has 86 valence electrons. The van der Waals surface area contributed by atoms with E-state index in [0.29, 0.717) is 18.1 Å². The Balaban J connectivity index is 2.45. The Morgan fingerprint density at radius 2 is 1.69 bits per heavy atom. The van der Waals surface area contributed by atoms with Crippen LogP contribution in [0, 0.1) is 0 Å². The van der Waals surface area contributed by atoms with Gasteiger partial charge in [0.05, 0.1) is 0 Å². The van der Waals surface area contributed by atoms with Gasteiger partial charge in [-0.25, -0.2) is 0 Å². The highest BCUT2D eigenvalue weighted by molar-refractivity contribution is 5.74. The molecule has 2 rings (SSSR count). The number of oxazole rings is 1. The van der Waals surface area contributed by atoms with Crippen LogP contribution < -0.4 is 4.90 Å². The molecule has 0 bridgehead atoms. The molecule has 0 spiro atoms. The molecule has 0 aliphatic heterocycles. The summed E-state index contributed by atoms with van der Waals surface area (Å²) in [5, 5.41) is 0. The second kappa shape index (κ2) is 4.16. The molecule has 1 heterocycles. The van der Waals surface area contributed by atoms with E-state index in [2.05, 4.69) is 37.6 Å². The van der Waals surface area contributed by atoms with E-state index in [1.807, 2.05) is 24.3 Å². The van der Waals surface area contributed by atoms with Crippen molar-refractivity contribution < 1.29 is 4.42 Å². The molecule has 0 saturated carbocycles. The number of para-hydroxylation sites is 2. The topological polar surface area (TPSA) is 29.3 Å². The van der Waals surface area contributed by atoms with Gasteiger partial charge in [0.15, 0.2) is 5.58 Å². The zero-order valence-electron chi connectivity index (χ0n) is 10.3. The molecule has 3 heteroatoms. The van der Waals surface area contributed by atoms with Crippen LogP contribution in [-0.4, -0.2) is 17.1 Å². The maximum atomic E-state index is 5.77. The van der Waals surface area contributed by atoms with Gasteiger partial charge in [-0.15, -0.1) is 0 Å². The van der Waals surface area contributed by atoms with Crippen LogP contribution in [-0.2, 0) is 0 Å². The molecule has 0 aliphatic carbocycles. The molecule has 16 heavy (non-hydrogen) atoms.